The van der Waals surface area contributed by atoms with E-state index in [9.17, 15) is 22.8 Å². The van der Waals surface area contributed by atoms with Crippen LogP contribution in [0, 0.1) is 6.92 Å². The zero-order valence-corrected chi connectivity index (χ0v) is 18.3. The van der Waals surface area contributed by atoms with Gasteiger partial charge < -0.3 is 10.2 Å². The smallest absolute Gasteiger partial charge is 0.366 e. The van der Waals surface area contributed by atoms with E-state index in [1.807, 2.05) is 17.1 Å². The molecule has 0 aliphatic carbocycles. The zero-order chi connectivity index (χ0) is 24.2. The molecule has 0 aromatic carbocycles. The maximum absolute atomic E-state index is 13.3. The summed E-state index contributed by atoms with van der Waals surface area (Å²) in [4.78, 5) is 37.9. The average Bonchev–Trinajstić information content (AvgIpc) is 3.37. The first-order valence-corrected chi connectivity index (χ1v) is 10.7. The van der Waals surface area contributed by atoms with Crippen molar-refractivity contribution in [1.82, 2.24) is 25.5 Å². The van der Waals surface area contributed by atoms with Gasteiger partial charge in [-0.15, -0.1) is 0 Å². The van der Waals surface area contributed by atoms with Gasteiger partial charge in [0.25, 0.3) is 5.91 Å². The second-order valence-electron chi connectivity index (χ2n) is 8.39. The summed E-state index contributed by atoms with van der Waals surface area (Å²) in [5.41, 5.74) is 1.74. The van der Waals surface area contributed by atoms with E-state index in [1.165, 1.54) is 11.0 Å². The summed E-state index contributed by atoms with van der Waals surface area (Å²) in [5, 5.41) is 12.2. The molecule has 3 aromatic heterocycles. The molecular formula is C21H21F3N8O2. The minimum Gasteiger partial charge on any atom is -0.366 e. The molecule has 5 rings (SSSR count). The van der Waals surface area contributed by atoms with Gasteiger partial charge in [0.15, 0.2) is 17.3 Å². The number of alkyl halides is 3. The van der Waals surface area contributed by atoms with Crippen molar-refractivity contribution in [3.8, 4) is 0 Å². The average molecular weight is 474 g/mol. The van der Waals surface area contributed by atoms with E-state index in [-0.39, 0.29) is 17.6 Å². The third-order valence-electron chi connectivity index (χ3n) is 6.03. The number of H-pyrrole nitrogens is 1. The summed E-state index contributed by atoms with van der Waals surface area (Å²) in [6, 6.07) is 3.80. The Balaban J connectivity index is 1.45. The molecule has 3 aromatic rings. The number of nitrogens with one attached hydrogen (secondary N) is 3. The molecule has 0 unspecified atom stereocenters. The quantitative estimate of drug-likeness (QED) is 0.537. The number of amides is 3. The van der Waals surface area contributed by atoms with Crippen molar-refractivity contribution in [1.29, 1.82) is 0 Å². The van der Waals surface area contributed by atoms with Crippen LogP contribution in [0.3, 0.4) is 0 Å². The van der Waals surface area contributed by atoms with E-state index >= 15 is 0 Å². The number of halogens is 3. The van der Waals surface area contributed by atoms with Crippen LogP contribution in [-0.2, 0) is 0 Å². The first kappa shape index (κ1) is 21.9. The van der Waals surface area contributed by atoms with Crippen molar-refractivity contribution in [2.75, 3.05) is 28.2 Å². The molecule has 1 fully saturated rings. The van der Waals surface area contributed by atoms with E-state index in [0.717, 1.165) is 12.6 Å². The molecule has 0 radical (unpaired) electrons. The number of pyridine rings is 2. The summed E-state index contributed by atoms with van der Waals surface area (Å²) < 4.78 is 38.6. The van der Waals surface area contributed by atoms with Crippen LogP contribution in [0.5, 0.6) is 0 Å². The molecule has 10 nitrogen and oxygen atoms in total. The lowest BCUT2D eigenvalue weighted by Crippen LogP contribution is -2.49. The lowest BCUT2D eigenvalue weighted by Gasteiger charge is -2.35. The second kappa shape index (κ2) is 7.85. The number of hydrogen-bond acceptors (Lipinski definition) is 6. The number of aryl methyl sites for hydroxylation is 1. The van der Waals surface area contributed by atoms with Crippen molar-refractivity contribution >= 4 is 40.3 Å². The summed E-state index contributed by atoms with van der Waals surface area (Å²) in [5.74, 6) is -0.463. The molecule has 3 N–H and O–H groups in total. The van der Waals surface area contributed by atoms with E-state index in [1.54, 1.807) is 18.2 Å². The molecule has 5 heterocycles. The Bertz CT molecular complexity index is 1290. The first-order valence-electron chi connectivity index (χ1n) is 10.7. The second-order valence-corrected chi connectivity index (χ2v) is 8.39. The Kier molecular flexibility index (Phi) is 5.06. The van der Waals surface area contributed by atoms with Crippen LogP contribution in [0.4, 0.5) is 35.3 Å². The van der Waals surface area contributed by atoms with Crippen LogP contribution in [0.15, 0.2) is 24.3 Å². The molecule has 0 saturated carbocycles. The number of anilines is 3. The van der Waals surface area contributed by atoms with Gasteiger partial charge in [-0.1, -0.05) is 0 Å². The fourth-order valence-electron chi connectivity index (χ4n) is 4.21. The Hall–Kier alpha value is -3.90. The monoisotopic (exact) mass is 474 g/mol. The van der Waals surface area contributed by atoms with Gasteiger partial charge in [-0.25, -0.2) is 14.8 Å². The number of carbonyl (C=O) groups is 2. The highest BCUT2D eigenvalue weighted by Crippen LogP contribution is 2.39. The largest absolute Gasteiger partial charge is 0.408 e. The van der Waals surface area contributed by atoms with E-state index in [2.05, 4.69) is 25.5 Å². The van der Waals surface area contributed by atoms with Crippen molar-refractivity contribution in [2.24, 2.45) is 0 Å². The maximum atomic E-state index is 13.3. The Morgan fingerprint density at radius 3 is 2.76 bits per heavy atom. The van der Waals surface area contributed by atoms with Crippen molar-refractivity contribution in [3.63, 3.8) is 0 Å². The highest BCUT2D eigenvalue weighted by Gasteiger charge is 2.41. The third kappa shape index (κ3) is 3.76. The van der Waals surface area contributed by atoms with Crippen LogP contribution < -0.4 is 20.4 Å². The summed E-state index contributed by atoms with van der Waals surface area (Å²) in [6.45, 7) is 3.96. The van der Waals surface area contributed by atoms with E-state index in [0.29, 0.717) is 42.0 Å². The maximum Gasteiger partial charge on any atom is 0.408 e. The minimum absolute atomic E-state index is 0.208. The Morgan fingerprint density at radius 2 is 2.00 bits per heavy atom. The van der Waals surface area contributed by atoms with Crippen LogP contribution in [0.2, 0.25) is 0 Å². The third-order valence-corrected chi connectivity index (χ3v) is 6.03. The molecule has 2 aliphatic rings. The van der Waals surface area contributed by atoms with Gasteiger partial charge >= 0.3 is 12.2 Å². The topological polar surface area (TPSA) is 119 Å². The normalized spacial score (nSPS) is 18.1. The fourth-order valence-corrected chi connectivity index (χ4v) is 4.21. The number of hydrogen-bond donors (Lipinski definition) is 3. The van der Waals surface area contributed by atoms with E-state index < -0.39 is 24.2 Å². The van der Waals surface area contributed by atoms with Crippen molar-refractivity contribution in [2.45, 2.75) is 38.5 Å². The lowest BCUT2D eigenvalue weighted by atomic mass is 10.1. The van der Waals surface area contributed by atoms with E-state index in [4.69, 9.17) is 0 Å². The standard InChI is InChI=1S/C21H21F3N8O2/c1-10-3-4-13-16(25-10)29-30-17(13)28-20(34)32-12-7-8-31(9-12)15-6-5-14(27-18(15)32)19(33)26-11(2)21(22,23)24/h3-6,11-12H,7-9H2,1-2H3,(H,26,33)(H2,25,28,29,30,34)/t11-,12+/m1/s1. The molecule has 2 bridgehead atoms. The molecule has 0 spiro atoms. The number of carbonyl (C=O) groups excluding carboxylic acids is 2. The molecule has 3 amide bonds. The van der Waals surface area contributed by atoms with Gasteiger partial charge in [-0.05, 0) is 44.5 Å². The SMILES string of the molecule is Cc1ccc2c(NC(=O)N3c4nc(C(=O)N[C@H](C)C(F)(F)F)ccc4N4CC[C@H]3C4)n[nH]c2n1. The number of aromatic nitrogens is 4. The molecule has 13 heteroatoms. The lowest BCUT2D eigenvalue weighted by molar-refractivity contribution is -0.149. The highest BCUT2D eigenvalue weighted by molar-refractivity contribution is 6.07. The van der Waals surface area contributed by atoms with Gasteiger partial charge in [0.1, 0.15) is 11.7 Å². The fraction of sp³-hybridized carbons (Fsp3) is 0.381. The van der Waals surface area contributed by atoms with Gasteiger partial charge in [0.05, 0.1) is 17.1 Å². The predicted molar refractivity (Wildman–Crippen MR) is 118 cm³/mol. The van der Waals surface area contributed by atoms with Crippen molar-refractivity contribution in [3.05, 3.63) is 35.7 Å². The Labute approximate surface area is 191 Å². The Morgan fingerprint density at radius 1 is 1.21 bits per heavy atom. The molecule has 2 aliphatic heterocycles. The van der Waals surface area contributed by atoms with Crippen LogP contribution >= 0.6 is 0 Å². The van der Waals surface area contributed by atoms with Gasteiger partial charge in [-0.2, -0.15) is 18.3 Å². The number of rotatable bonds is 3. The molecule has 2 atom stereocenters. The van der Waals surface area contributed by atoms with Crippen LogP contribution in [0.1, 0.15) is 29.5 Å². The predicted octanol–water partition coefficient (Wildman–Crippen LogP) is 2.97. The molecule has 178 valence electrons. The summed E-state index contributed by atoms with van der Waals surface area (Å²) >= 11 is 0. The molecule has 34 heavy (non-hydrogen) atoms. The van der Waals surface area contributed by atoms with Crippen LogP contribution in [0.25, 0.3) is 11.0 Å². The zero-order valence-electron chi connectivity index (χ0n) is 18.3. The number of aromatic amines is 1. The van der Waals surface area contributed by atoms with Gasteiger partial charge in [-0.3, -0.25) is 20.1 Å². The molecular weight excluding hydrogens is 453 g/mol. The number of nitrogens with zero attached hydrogens (tertiary/aromatic N) is 5. The van der Waals surface area contributed by atoms with Crippen molar-refractivity contribution < 1.29 is 22.8 Å². The highest BCUT2D eigenvalue weighted by atomic mass is 19.4. The molecule has 1 saturated heterocycles. The van der Waals surface area contributed by atoms with Gasteiger partial charge in [0, 0.05) is 18.8 Å². The number of fused-ring (bicyclic) bond motifs is 5. The van der Waals surface area contributed by atoms with Gasteiger partial charge in [0.2, 0.25) is 0 Å². The minimum atomic E-state index is -4.58. The van der Waals surface area contributed by atoms with Crippen LogP contribution in [-0.4, -0.2) is 63.5 Å². The summed E-state index contributed by atoms with van der Waals surface area (Å²) in [6.07, 6.45) is -3.90. The first-order chi connectivity index (χ1) is 16.1. The summed E-state index contributed by atoms with van der Waals surface area (Å²) in [7, 11) is 0. The number of urea groups is 1.